The molecular weight excluding hydrogens is 541 g/mol. The Hall–Kier alpha value is -3.72. The number of carbonyl (C=O) groups excluding carboxylic acids is 2. The molecule has 34 heavy (non-hydrogen) atoms. The van der Waals surface area contributed by atoms with Crippen LogP contribution in [0, 0.1) is 17.4 Å². The van der Waals surface area contributed by atoms with Crippen molar-refractivity contribution in [3.05, 3.63) is 117 Å². The molecule has 0 saturated heterocycles. The molecule has 0 aliphatic rings. The van der Waals surface area contributed by atoms with Crippen molar-refractivity contribution in [3.8, 4) is 11.4 Å². The minimum Gasteiger partial charge on any atom is -0.423 e. The first-order valence-corrected chi connectivity index (χ1v) is 11.7. The molecule has 170 valence electrons. The summed E-state index contributed by atoms with van der Waals surface area (Å²) in [4.78, 5) is 24.7. The highest BCUT2D eigenvalue weighted by atomic mass is 127. The van der Waals surface area contributed by atoms with Crippen LogP contribution in [0.15, 0.2) is 90.0 Å². The molecule has 0 bridgehead atoms. The number of esters is 1. The molecule has 1 N–H and O–H groups in total. The summed E-state index contributed by atoms with van der Waals surface area (Å²) in [5.74, 6) is -0.280. The van der Waals surface area contributed by atoms with Crippen molar-refractivity contribution >= 4 is 40.7 Å². The number of ether oxygens (including phenoxy) is 1. The highest BCUT2D eigenvalue weighted by Crippen LogP contribution is 2.18. The van der Waals surface area contributed by atoms with Crippen LogP contribution in [-0.4, -0.2) is 22.7 Å². The smallest absolute Gasteiger partial charge is 0.344 e. The maximum atomic E-state index is 12.4. The summed E-state index contributed by atoms with van der Waals surface area (Å²) in [6.45, 7) is 4.09. The molecule has 1 aromatic heterocycles. The van der Waals surface area contributed by atoms with Crippen molar-refractivity contribution in [2.24, 2.45) is 5.10 Å². The Labute approximate surface area is 211 Å². The van der Waals surface area contributed by atoms with Crippen LogP contribution in [0.3, 0.4) is 0 Å². The van der Waals surface area contributed by atoms with Gasteiger partial charge in [0.2, 0.25) is 0 Å². The fourth-order valence-corrected chi connectivity index (χ4v) is 4.09. The second-order valence-electron chi connectivity index (χ2n) is 7.64. The first-order valence-electron chi connectivity index (χ1n) is 10.6. The van der Waals surface area contributed by atoms with Gasteiger partial charge in [-0.15, -0.1) is 0 Å². The zero-order chi connectivity index (χ0) is 24.1. The van der Waals surface area contributed by atoms with E-state index in [9.17, 15) is 9.59 Å². The van der Waals surface area contributed by atoms with Gasteiger partial charge in [0, 0.05) is 26.2 Å². The molecule has 3 aromatic carbocycles. The summed E-state index contributed by atoms with van der Waals surface area (Å²) < 4.78 is 8.38. The van der Waals surface area contributed by atoms with Crippen LogP contribution in [0.5, 0.6) is 5.75 Å². The number of benzene rings is 3. The minimum absolute atomic E-state index is 0.299. The van der Waals surface area contributed by atoms with E-state index in [2.05, 4.69) is 49.8 Å². The summed E-state index contributed by atoms with van der Waals surface area (Å²) in [5, 5.41) is 4.03. The van der Waals surface area contributed by atoms with Gasteiger partial charge in [-0.1, -0.05) is 12.1 Å². The Bertz CT molecular complexity index is 1340. The molecule has 0 radical (unpaired) electrons. The molecule has 7 heteroatoms. The highest BCUT2D eigenvalue weighted by molar-refractivity contribution is 14.1. The number of aryl methyl sites for hydroxylation is 2. The van der Waals surface area contributed by atoms with Crippen LogP contribution in [0.25, 0.3) is 5.69 Å². The van der Waals surface area contributed by atoms with Gasteiger partial charge in [-0.25, -0.2) is 10.2 Å². The maximum absolute atomic E-state index is 12.4. The molecule has 1 amide bonds. The van der Waals surface area contributed by atoms with Crippen molar-refractivity contribution in [1.29, 1.82) is 0 Å². The summed E-state index contributed by atoms with van der Waals surface area (Å²) in [5.41, 5.74) is 7.59. The van der Waals surface area contributed by atoms with E-state index in [1.54, 1.807) is 48.5 Å². The van der Waals surface area contributed by atoms with Crippen molar-refractivity contribution < 1.29 is 14.3 Å². The van der Waals surface area contributed by atoms with E-state index in [1.807, 2.05) is 38.1 Å². The Morgan fingerprint density at radius 1 is 0.882 bits per heavy atom. The summed E-state index contributed by atoms with van der Waals surface area (Å²) in [6, 6.07) is 25.6. The molecule has 0 spiro atoms. The summed E-state index contributed by atoms with van der Waals surface area (Å²) in [6.07, 6.45) is 1.53. The second-order valence-corrected chi connectivity index (χ2v) is 8.80. The average Bonchev–Trinajstić information content (AvgIpc) is 3.18. The van der Waals surface area contributed by atoms with E-state index >= 15 is 0 Å². The fourth-order valence-electron chi connectivity index (χ4n) is 3.48. The average molecular weight is 563 g/mol. The lowest BCUT2D eigenvalue weighted by Crippen LogP contribution is -2.17. The number of hydrazone groups is 1. The van der Waals surface area contributed by atoms with Gasteiger partial charge < -0.3 is 9.30 Å². The van der Waals surface area contributed by atoms with Crippen LogP contribution < -0.4 is 10.2 Å². The lowest BCUT2D eigenvalue weighted by atomic mass is 10.2. The predicted octanol–water partition coefficient (Wildman–Crippen LogP) is 5.68. The highest BCUT2D eigenvalue weighted by Gasteiger charge is 2.12. The standard InChI is InChI=1S/C27H22IN3O3/c1-18-7-8-19(2)31(18)22-13-11-21(12-14-22)26(32)30-29-17-20-9-15-23(16-10-20)34-27(33)24-5-3-4-6-25(24)28/h3-17H,1-2H3,(H,30,32)/b29-17-. The quantitative estimate of drug-likeness (QED) is 0.108. The number of nitrogens with one attached hydrogen (secondary N) is 1. The van der Waals surface area contributed by atoms with Gasteiger partial charge in [0.15, 0.2) is 0 Å². The lowest BCUT2D eigenvalue weighted by molar-refractivity contribution is 0.0733. The van der Waals surface area contributed by atoms with E-state index in [1.165, 1.54) is 6.21 Å². The fraction of sp³-hybridized carbons (Fsp3) is 0.0741. The van der Waals surface area contributed by atoms with Crippen LogP contribution in [0.1, 0.15) is 37.7 Å². The van der Waals surface area contributed by atoms with E-state index in [4.69, 9.17) is 4.74 Å². The summed E-state index contributed by atoms with van der Waals surface area (Å²) in [7, 11) is 0. The first kappa shape index (κ1) is 23.4. The maximum Gasteiger partial charge on any atom is 0.344 e. The topological polar surface area (TPSA) is 72.7 Å². The van der Waals surface area contributed by atoms with Crippen molar-refractivity contribution in [2.45, 2.75) is 13.8 Å². The molecule has 0 aliphatic carbocycles. The SMILES string of the molecule is Cc1ccc(C)n1-c1ccc(C(=O)N/N=C\c2ccc(OC(=O)c3ccccc3I)cc2)cc1. The second kappa shape index (κ2) is 10.5. The Kier molecular flexibility index (Phi) is 7.22. The van der Waals surface area contributed by atoms with E-state index in [0.29, 0.717) is 16.9 Å². The van der Waals surface area contributed by atoms with Crippen LogP contribution in [-0.2, 0) is 0 Å². The molecule has 4 rings (SSSR count). The largest absolute Gasteiger partial charge is 0.423 e. The molecule has 1 heterocycles. The Morgan fingerprint density at radius 3 is 2.18 bits per heavy atom. The van der Waals surface area contributed by atoms with Gasteiger partial charge in [0.1, 0.15) is 5.75 Å². The Balaban J connectivity index is 1.34. The van der Waals surface area contributed by atoms with E-state index in [0.717, 1.165) is 26.2 Å². The predicted molar refractivity (Wildman–Crippen MR) is 141 cm³/mol. The molecule has 0 saturated carbocycles. The number of carbonyl (C=O) groups is 2. The number of aromatic nitrogens is 1. The summed E-state index contributed by atoms with van der Waals surface area (Å²) >= 11 is 2.10. The first-order chi connectivity index (χ1) is 16.4. The molecule has 4 aromatic rings. The van der Waals surface area contributed by atoms with Gasteiger partial charge in [-0.2, -0.15) is 5.10 Å². The van der Waals surface area contributed by atoms with E-state index < -0.39 is 5.97 Å². The molecule has 0 fully saturated rings. The van der Waals surface area contributed by atoms with Gasteiger partial charge >= 0.3 is 5.97 Å². The number of halogens is 1. The van der Waals surface area contributed by atoms with Gasteiger partial charge in [0.25, 0.3) is 5.91 Å². The zero-order valence-electron chi connectivity index (χ0n) is 18.7. The third kappa shape index (κ3) is 5.43. The third-order valence-electron chi connectivity index (χ3n) is 5.22. The van der Waals surface area contributed by atoms with Crippen molar-refractivity contribution in [2.75, 3.05) is 0 Å². The normalized spacial score (nSPS) is 10.9. The van der Waals surface area contributed by atoms with Gasteiger partial charge in [0.05, 0.1) is 11.8 Å². The van der Waals surface area contributed by atoms with Gasteiger partial charge in [-0.3, -0.25) is 4.79 Å². The van der Waals surface area contributed by atoms with E-state index in [-0.39, 0.29) is 5.91 Å². The number of amides is 1. The Morgan fingerprint density at radius 2 is 1.53 bits per heavy atom. The van der Waals surface area contributed by atoms with Crippen LogP contribution in [0.4, 0.5) is 0 Å². The van der Waals surface area contributed by atoms with Crippen molar-refractivity contribution in [3.63, 3.8) is 0 Å². The van der Waals surface area contributed by atoms with Crippen molar-refractivity contribution in [1.82, 2.24) is 9.99 Å². The lowest BCUT2D eigenvalue weighted by Gasteiger charge is -2.10. The van der Waals surface area contributed by atoms with Crippen LogP contribution in [0.2, 0.25) is 0 Å². The number of hydrogen-bond donors (Lipinski definition) is 1. The van der Waals surface area contributed by atoms with Gasteiger partial charge in [-0.05, 0) is 115 Å². The van der Waals surface area contributed by atoms with Crippen LogP contribution >= 0.6 is 22.6 Å². The number of rotatable bonds is 6. The molecule has 0 aliphatic heterocycles. The monoisotopic (exact) mass is 563 g/mol. The molecule has 6 nitrogen and oxygen atoms in total. The number of nitrogens with zero attached hydrogens (tertiary/aromatic N) is 2. The minimum atomic E-state index is -0.410. The molecule has 0 atom stereocenters. The molecular formula is C27H22IN3O3. The number of hydrogen-bond acceptors (Lipinski definition) is 4. The third-order valence-corrected chi connectivity index (χ3v) is 6.16. The zero-order valence-corrected chi connectivity index (χ0v) is 20.8. The molecule has 0 unspecified atom stereocenters.